The van der Waals surface area contributed by atoms with Crippen molar-refractivity contribution < 1.29 is 4.74 Å². The highest BCUT2D eigenvalue weighted by Gasteiger charge is 2.29. The van der Waals surface area contributed by atoms with Gasteiger partial charge in [0.1, 0.15) is 0 Å². The third-order valence-corrected chi connectivity index (χ3v) is 4.46. The van der Waals surface area contributed by atoms with Gasteiger partial charge in [-0.3, -0.25) is 4.90 Å². The largest absolute Gasteiger partial charge is 0.379 e. The maximum atomic E-state index is 5.45. The molecule has 2 heterocycles. The van der Waals surface area contributed by atoms with E-state index >= 15 is 0 Å². The lowest BCUT2D eigenvalue weighted by Crippen LogP contribution is -2.46. The van der Waals surface area contributed by atoms with Gasteiger partial charge in [0.15, 0.2) is 0 Å². The summed E-state index contributed by atoms with van der Waals surface area (Å²) < 4.78 is 5.45. The standard InChI is InChI=1S/C15H31N3O/c1-3-6-16-14(4-2)12-17-7-5-15(13-17)18-8-10-19-11-9-18/h14-16H,3-13H2,1-2H3. The van der Waals surface area contributed by atoms with Crippen LogP contribution in [0, 0.1) is 0 Å². The summed E-state index contributed by atoms with van der Waals surface area (Å²) in [5.74, 6) is 0. The van der Waals surface area contributed by atoms with Crippen molar-refractivity contribution in [3.8, 4) is 0 Å². The minimum atomic E-state index is 0.670. The van der Waals surface area contributed by atoms with E-state index in [2.05, 4.69) is 29.0 Å². The van der Waals surface area contributed by atoms with Gasteiger partial charge in [0.2, 0.25) is 0 Å². The summed E-state index contributed by atoms with van der Waals surface area (Å²) >= 11 is 0. The molecule has 2 rings (SSSR count). The molecule has 2 aliphatic heterocycles. The molecule has 0 aromatic carbocycles. The average Bonchev–Trinajstić information content (AvgIpc) is 2.93. The van der Waals surface area contributed by atoms with E-state index in [-0.39, 0.29) is 0 Å². The molecule has 4 heteroatoms. The van der Waals surface area contributed by atoms with E-state index in [0.717, 1.165) is 38.9 Å². The Labute approximate surface area is 118 Å². The smallest absolute Gasteiger partial charge is 0.0594 e. The summed E-state index contributed by atoms with van der Waals surface area (Å²) in [7, 11) is 0. The molecule has 2 unspecified atom stereocenters. The number of hydrogen-bond acceptors (Lipinski definition) is 4. The van der Waals surface area contributed by atoms with Gasteiger partial charge in [-0.05, 0) is 32.4 Å². The van der Waals surface area contributed by atoms with E-state index in [0.29, 0.717) is 6.04 Å². The maximum Gasteiger partial charge on any atom is 0.0594 e. The van der Waals surface area contributed by atoms with Gasteiger partial charge in [0.05, 0.1) is 13.2 Å². The summed E-state index contributed by atoms with van der Waals surface area (Å²) in [6.45, 7) is 13.5. The summed E-state index contributed by atoms with van der Waals surface area (Å²) in [6, 6.07) is 1.44. The number of nitrogens with zero attached hydrogens (tertiary/aromatic N) is 2. The Morgan fingerprint density at radius 2 is 2.00 bits per heavy atom. The Bertz CT molecular complexity index is 244. The minimum absolute atomic E-state index is 0.670. The third-order valence-electron chi connectivity index (χ3n) is 4.46. The fourth-order valence-electron chi connectivity index (χ4n) is 3.22. The molecule has 0 aromatic rings. The zero-order chi connectivity index (χ0) is 13.5. The number of rotatable bonds is 7. The second-order valence-corrected chi connectivity index (χ2v) is 5.91. The van der Waals surface area contributed by atoms with Crippen LogP contribution in [0.2, 0.25) is 0 Å². The Balaban J connectivity index is 1.71. The normalized spacial score (nSPS) is 27.8. The quantitative estimate of drug-likeness (QED) is 0.751. The van der Waals surface area contributed by atoms with Gasteiger partial charge in [-0.2, -0.15) is 0 Å². The lowest BCUT2D eigenvalue weighted by molar-refractivity contribution is 0.0183. The molecule has 0 bridgehead atoms. The first kappa shape index (κ1) is 15.2. The van der Waals surface area contributed by atoms with E-state index in [1.54, 1.807) is 0 Å². The molecule has 112 valence electrons. The third kappa shape index (κ3) is 4.71. The van der Waals surface area contributed by atoms with Gasteiger partial charge in [-0.1, -0.05) is 13.8 Å². The highest BCUT2D eigenvalue weighted by Crippen LogP contribution is 2.17. The number of morpholine rings is 1. The summed E-state index contributed by atoms with van der Waals surface area (Å²) in [5.41, 5.74) is 0. The number of nitrogens with one attached hydrogen (secondary N) is 1. The summed E-state index contributed by atoms with van der Waals surface area (Å²) in [4.78, 5) is 5.28. The van der Waals surface area contributed by atoms with Crippen LogP contribution in [0.25, 0.3) is 0 Å². The van der Waals surface area contributed by atoms with E-state index in [1.165, 1.54) is 38.9 Å². The molecule has 0 aliphatic carbocycles. The topological polar surface area (TPSA) is 27.7 Å². The van der Waals surface area contributed by atoms with Crippen LogP contribution in [0.4, 0.5) is 0 Å². The van der Waals surface area contributed by atoms with Crippen LogP contribution in [0.3, 0.4) is 0 Å². The van der Waals surface area contributed by atoms with E-state index in [1.807, 2.05) is 0 Å². The molecule has 0 spiro atoms. The lowest BCUT2D eigenvalue weighted by atomic mass is 10.2. The van der Waals surface area contributed by atoms with Gasteiger partial charge >= 0.3 is 0 Å². The van der Waals surface area contributed by atoms with E-state index in [4.69, 9.17) is 4.74 Å². The van der Waals surface area contributed by atoms with Gasteiger partial charge in [-0.25, -0.2) is 0 Å². The van der Waals surface area contributed by atoms with E-state index in [9.17, 15) is 0 Å². The Kier molecular flexibility index (Phi) is 6.57. The van der Waals surface area contributed by atoms with Crippen LogP contribution in [0.5, 0.6) is 0 Å². The van der Waals surface area contributed by atoms with Crippen LogP contribution in [-0.2, 0) is 4.74 Å². The average molecular weight is 269 g/mol. The monoisotopic (exact) mass is 269 g/mol. The first-order chi connectivity index (χ1) is 9.33. The Hall–Kier alpha value is -0.160. The lowest BCUT2D eigenvalue weighted by Gasteiger charge is -2.32. The van der Waals surface area contributed by atoms with Crippen molar-refractivity contribution in [2.45, 2.75) is 45.2 Å². The van der Waals surface area contributed by atoms with Gasteiger partial charge < -0.3 is 15.0 Å². The van der Waals surface area contributed by atoms with Crippen LogP contribution < -0.4 is 5.32 Å². The maximum absolute atomic E-state index is 5.45. The van der Waals surface area contributed by atoms with Gasteiger partial charge in [0.25, 0.3) is 0 Å². The fourth-order valence-corrected chi connectivity index (χ4v) is 3.22. The van der Waals surface area contributed by atoms with Crippen molar-refractivity contribution in [1.82, 2.24) is 15.1 Å². The van der Waals surface area contributed by atoms with Crippen molar-refractivity contribution in [3.63, 3.8) is 0 Å². The molecule has 2 atom stereocenters. The number of ether oxygens (including phenoxy) is 1. The Morgan fingerprint density at radius 3 is 2.68 bits per heavy atom. The molecular formula is C15H31N3O. The van der Waals surface area contributed by atoms with Crippen LogP contribution in [0.1, 0.15) is 33.1 Å². The molecule has 19 heavy (non-hydrogen) atoms. The summed E-state index contributed by atoms with van der Waals surface area (Å²) in [5, 5.41) is 3.67. The minimum Gasteiger partial charge on any atom is -0.379 e. The molecule has 2 fully saturated rings. The van der Waals surface area contributed by atoms with Crippen LogP contribution >= 0.6 is 0 Å². The van der Waals surface area contributed by atoms with Crippen molar-refractivity contribution in [3.05, 3.63) is 0 Å². The molecule has 0 amide bonds. The van der Waals surface area contributed by atoms with Crippen molar-refractivity contribution in [1.29, 1.82) is 0 Å². The first-order valence-electron chi connectivity index (χ1n) is 8.11. The molecule has 2 aliphatic rings. The summed E-state index contributed by atoms with van der Waals surface area (Å²) in [6.07, 6.45) is 3.80. The number of likely N-dealkylation sites (tertiary alicyclic amines) is 1. The predicted molar refractivity (Wildman–Crippen MR) is 79.6 cm³/mol. The molecule has 0 aromatic heterocycles. The predicted octanol–water partition coefficient (Wildman–Crippen LogP) is 1.17. The van der Waals surface area contributed by atoms with Crippen LogP contribution in [0.15, 0.2) is 0 Å². The molecule has 0 radical (unpaired) electrons. The first-order valence-corrected chi connectivity index (χ1v) is 8.11. The van der Waals surface area contributed by atoms with Gasteiger partial charge in [-0.15, -0.1) is 0 Å². The molecule has 4 nitrogen and oxygen atoms in total. The zero-order valence-electron chi connectivity index (χ0n) is 12.7. The Morgan fingerprint density at radius 1 is 1.21 bits per heavy atom. The SMILES string of the molecule is CCCNC(CC)CN1CCC(N2CCOCC2)C1. The molecular weight excluding hydrogens is 238 g/mol. The second-order valence-electron chi connectivity index (χ2n) is 5.91. The highest BCUT2D eigenvalue weighted by atomic mass is 16.5. The van der Waals surface area contributed by atoms with Crippen molar-refractivity contribution >= 4 is 0 Å². The fraction of sp³-hybridized carbons (Fsp3) is 1.00. The van der Waals surface area contributed by atoms with Gasteiger partial charge in [0, 0.05) is 38.3 Å². The zero-order valence-corrected chi connectivity index (χ0v) is 12.7. The second kappa shape index (κ2) is 8.20. The molecule has 1 N–H and O–H groups in total. The molecule has 2 saturated heterocycles. The number of hydrogen-bond donors (Lipinski definition) is 1. The van der Waals surface area contributed by atoms with Crippen LogP contribution in [-0.4, -0.2) is 74.4 Å². The molecule has 0 saturated carbocycles. The van der Waals surface area contributed by atoms with Crippen molar-refractivity contribution in [2.75, 3.05) is 52.5 Å². The van der Waals surface area contributed by atoms with E-state index < -0.39 is 0 Å². The van der Waals surface area contributed by atoms with Crippen molar-refractivity contribution in [2.24, 2.45) is 0 Å². The highest BCUT2D eigenvalue weighted by molar-refractivity contribution is 4.86.